The molecule has 0 saturated carbocycles. The van der Waals surface area contributed by atoms with Crippen LogP contribution in [-0.2, 0) is 0 Å². The fourth-order valence-electron chi connectivity index (χ4n) is 2.71. The van der Waals surface area contributed by atoms with Gasteiger partial charge in [0.15, 0.2) is 5.96 Å². The molecule has 1 aromatic carbocycles. The van der Waals surface area contributed by atoms with Gasteiger partial charge in [-0.1, -0.05) is 35.3 Å². The van der Waals surface area contributed by atoms with Crippen LogP contribution in [-0.4, -0.2) is 49.8 Å². The lowest BCUT2D eigenvalue weighted by Crippen LogP contribution is -2.39. The van der Waals surface area contributed by atoms with Gasteiger partial charge >= 0.3 is 0 Å². The second kappa shape index (κ2) is 14.5. The van der Waals surface area contributed by atoms with E-state index in [0.717, 1.165) is 49.2 Å². The predicted molar refractivity (Wildman–Crippen MR) is 115 cm³/mol. The van der Waals surface area contributed by atoms with E-state index < -0.39 is 0 Å². The average molecular weight is 441 g/mol. The van der Waals surface area contributed by atoms with Crippen molar-refractivity contribution in [3.63, 3.8) is 0 Å². The first kappa shape index (κ1) is 23.4. The average Bonchev–Trinajstić information content (AvgIpc) is 2.65. The zero-order valence-electron chi connectivity index (χ0n) is 16.4. The van der Waals surface area contributed by atoms with Gasteiger partial charge in [0.25, 0.3) is 5.91 Å². The molecule has 0 spiro atoms. The fourth-order valence-corrected chi connectivity index (χ4v) is 3.11. The van der Waals surface area contributed by atoms with Gasteiger partial charge in [0.05, 0.1) is 0 Å². The SMILES string of the molecule is CCCC(CCO)CN=C(NCC)NCCCNC(=O)c1cccc(Br)c1. The Morgan fingerprint density at radius 2 is 1.96 bits per heavy atom. The van der Waals surface area contributed by atoms with Crippen molar-refractivity contribution >= 4 is 27.8 Å². The highest BCUT2D eigenvalue weighted by molar-refractivity contribution is 9.10. The van der Waals surface area contributed by atoms with E-state index in [9.17, 15) is 4.79 Å². The smallest absolute Gasteiger partial charge is 0.251 e. The fraction of sp³-hybridized carbons (Fsp3) is 0.600. The monoisotopic (exact) mass is 440 g/mol. The molecule has 1 unspecified atom stereocenters. The molecule has 1 atom stereocenters. The van der Waals surface area contributed by atoms with E-state index in [1.807, 2.05) is 25.1 Å². The summed E-state index contributed by atoms with van der Waals surface area (Å²) < 4.78 is 0.894. The number of hydrogen-bond donors (Lipinski definition) is 4. The summed E-state index contributed by atoms with van der Waals surface area (Å²) in [5, 5.41) is 18.6. The zero-order valence-corrected chi connectivity index (χ0v) is 18.0. The molecule has 1 aromatic rings. The number of guanidine groups is 1. The standard InChI is InChI=1S/C20H33BrN4O2/c1-3-7-16(10-13-26)15-25-20(22-4-2)24-12-6-11-23-19(27)17-8-5-9-18(21)14-17/h5,8-9,14,16,26H,3-4,6-7,10-13,15H2,1-2H3,(H,23,27)(H2,22,24,25). The number of carbonyl (C=O) groups excluding carboxylic acids is 1. The molecule has 0 aliphatic rings. The Morgan fingerprint density at radius 3 is 2.63 bits per heavy atom. The largest absolute Gasteiger partial charge is 0.396 e. The van der Waals surface area contributed by atoms with E-state index >= 15 is 0 Å². The topological polar surface area (TPSA) is 85.8 Å². The molecule has 0 bridgehead atoms. The number of hydrogen-bond acceptors (Lipinski definition) is 3. The lowest BCUT2D eigenvalue weighted by Gasteiger charge is -2.15. The quantitative estimate of drug-likeness (QED) is 0.228. The molecule has 1 rings (SSSR count). The summed E-state index contributed by atoms with van der Waals surface area (Å²) in [4.78, 5) is 16.7. The van der Waals surface area contributed by atoms with E-state index in [-0.39, 0.29) is 12.5 Å². The van der Waals surface area contributed by atoms with Crippen molar-refractivity contribution < 1.29 is 9.90 Å². The van der Waals surface area contributed by atoms with Crippen LogP contribution in [0.15, 0.2) is 33.7 Å². The maximum Gasteiger partial charge on any atom is 0.251 e. The van der Waals surface area contributed by atoms with Gasteiger partial charge in [-0.3, -0.25) is 9.79 Å². The number of aliphatic imine (C=N–C) groups is 1. The summed E-state index contributed by atoms with van der Waals surface area (Å²) in [5.74, 6) is 1.14. The van der Waals surface area contributed by atoms with Crippen LogP contribution in [0.3, 0.4) is 0 Å². The van der Waals surface area contributed by atoms with Crippen LogP contribution in [0.2, 0.25) is 0 Å². The van der Waals surface area contributed by atoms with E-state index in [2.05, 4.69) is 43.8 Å². The summed E-state index contributed by atoms with van der Waals surface area (Å²) in [6, 6.07) is 7.35. The number of halogens is 1. The highest BCUT2D eigenvalue weighted by atomic mass is 79.9. The molecule has 0 heterocycles. The van der Waals surface area contributed by atoms with E-state index in [1.54, 1.807) is 6.07 Å². The minimum Gasteiger partial charge on any atom is -0.396 e. The summed E-state index contributed by atoms with van der Waals surface area (Å²) in [7, 11) is 0. The van der Waals surface area contributed by atoms with Crippen LogP contribution in [0.1, 0.15) is 49.9 Å². The molecule has 0 saturated heterocycles. The molecular formula is C20H33BrN4O2. The third-order valence-corrected chi connectivity index (χ3v) is 4.60. The Bertz CT molecular complexity index is 575. The molecule has 0 aromatic heterocycles. The first-order chi connectivity index (χ1) is 13.1. The number of nitrogens with one attached hydrogen (secondary N) is 3. The molecule has 27 heavy (non-hydrogen) atoms. The number of nitrogens with zero attached hydrogens (tertiary/aromatic N) is 1. The summed E-state index contributed by atoms with van der Waals surface area (Å²) in [6.07, 6.45) is 3.77. The van der Waals surface area contributed by atoms with Crippen molar-refractivity contribution in [2.45, 2.75) is 39.5 Å². The molecule has 0 radical (unpaired) electrons. The number of aliphatic hydroxyl groups excluding tert-OH is 1. The predicted octanol–water partition coefficient (Wildman–Crippen LogP) is 2.92. The molecular weight excluding hydrogens is 408 g/mol. The van der Waals surface area contributed by atoms with Gasteiger partial charge < -0.3 is 21.1 Å². The van der Waals surface area contributed by atoms with Gasteiger partial charge in [-0.05, 0) is 50.3 Å². The van der Waals surface area contributed by atoms with Crippen LogP contribution in [0.5, 0.6) is 0 Å². The van der Waals surface area contributed by atoms with Gasteiger partial charge in [0, 0.05) is 42.8 Å². The zero-order chi connectivity index (χ0) is 19.9. The van der Waals surface area contributed by atoms with Gasteiger partial charge in [0.1, 0.15) is 0 Å². The van der Waals surface area contributed by atoms with Gasteiger partial charge in [-0.25, -0.2) is 0 Å². The number of carbonyl (C=O) groups is 1. The van der Waals surface area contributed by atoms with Crippen LogP contribution in [0.4, 0.5) is 0 Å². The second-order valence-corrected chi connectivity index (χ2v) is 7.35. The number of aliphatic hydroxyl groups is 1. The Labute approximate surface area is 171 Å². The van der Waals surface area contributed by atoms with E-state index in [0.29, 0.717) is 24.6 Å². The molecule has 1 amide bonds. The van der Waals surface area contributed by atoms with Crippen molar-refractivity contribution in [2.75, 3.05) is 32.8 Å². The summed E-state index contributed by atoms with van der Waals surface area (Å²) in [6.45, 7) is 7.23. The normalized spacial score (nSPS) is 12.5. The molecule has 0 aliphatic carbocycles. The van der Waals surface area contributed by atoms with Crippen molar-refractivity contribution in [3.05, 3.63) is 34.3 Å². The highest BCUT2D eigenvalue weighted by Crippen LogP contribution is 2.12. The Balaban J connectivity index is 2.35. The third-order valence-electron chi connectivity index (χ3n) is 4.10. The third kappa shape index (κ3) is 10.3. The molecule has 0 aliphatic heterocycles. The minimum atomic E-state index is -0.0664. The number of amides is 1. The van der Waals surface area contributed by atoms with Gasteiger partial charge in [-0.2, -0.15) is 0 Å². The Hall–Kier alpha value is -1.60. The molecule has 7 heteroatoms. The van der Waals surface area contributed by atoms with E-state index in [1.165, 1.54) is 0 Å². The Morgan fingerprint density at radius 1 is 1.19 bits per heavy atom. The molecule has 6 nitrogen and oxygen atoms in total. The van der Waals surface area contributed by atoms with E-state index in [4.69, 9.17) is 5.11 Å². The van der Waals surface area contributed by atoms with Crippen LogP contribution < -0.4 is 16.0 Å². The van der Waals surface area contributed by atoms with Crippen LogP contribution >= 0.6 is 15.9 Å². The van der Waals surface area contributed by atoms with Crippen molar-refractivity contribution in [1.29, 1.82) is 0 Å². The number of benzene rings is 1. The highest BCUT2D eigenvalue weighted by Gasteiger charge is 2.08. The minimum absolute atomic E-state index is 0.0664. The van der Waals surface area contributed by atoms with Crippen molar-refractivity contribution in [3.8, 4) is 0 Å². The molecule has 0 fully saturated rings. The Kier molecular flexibility index (Phi) is 12.6. The lowest BCUT2D eigenvalue weighted by atomic mass is 10.0. The summed E-state index contributed by atoms with van der Waals surface area (Å²) in [5.41, 5.74) is 0.651. The van der Waals surface area contributed by atoms with Crippen LogP contribution in [0.25, 0.3) is 0 Å². The maximum absolute atomic E-state index is 12.1. The van der Waals surface area contributed by atoms with Crippen molar-refractivity contribution in [1.82, 2.24) is 16.0 Å². The molecule has 152 valence electrons. The first-order valence-electron chi connectivity index (χ1n) is 9.77. The second-order valence-electron chi connectivity index (χ2n) is 6.43. The number of rotatable bonds is 12. The van der Waals surface area contributed by atoms with Crippen molar-refractivity contribution in [2.24, 2.45) is 10.9 Å². The maximum atomic E-state index is 12.1. The van der Waals surface area contributed by atoms with Gasteiger partial charge in [0.2, 0.25) is 0 Å². The summed E-state index contributed by atoms with van der Waals surface area (Å²) >= 11 is 3.37. The first-order valence-corrected chi connectivity index (χ1v) is 10.6. The van der Waals surface area contributed by atoms with Gasteiger partial charge in [-0.15, -0.1) is 0 Å². The molecule has 4 N–H and O–H groups in total. The lowest BCUT2D eigenvalue weighted by molar-refractivity contribution is 0.0953. The van der Waals surface area contributed by atoms with Crippen LogP contribution in [0, 0.1) is 5.92 Å².